The first kappa shape index (κ1) is 21.2. The normalized spacial score (nSPS) is 11.4. The van der Waals surface area contributed by atoms with Gasteiger partial charge in [-0.05, 0) is 48.0 Å². The van der Waals surface area contributed by atoms with Crippen LogP contribution in [0.5, 0.6) is 11.5 Å². The molecule has 0 aliphatic rings. The quantitative estimate of drug-likeness (QED) is 0.556. The highest BCUT2D eigenvalue weighted by Gasteiger charge is 2.13. The molecular formula is C22H19FN2O4S. The van der Waals surface area contributed by atoms with Crippen molar-refractivity contribution in [1.29, 1.82) is 0 Å². The number of carbonyl (C=O) groups excluding carboxylic acids is 1. The van der Waals surface area contributed by atoms with Crippen LogP contribution in [-0.4, -0.2) is 31.6 Å². The van der Waals surface area contributed by atoms with Gasteiger partial charge in [0.05, 0.1) is 16.8 Å². The summed E-state index contributed by atoms with van der Waals surface area (Å²) >= 11 is 0. The number of rotatable bonds is 8. The van der Waals surface area contributed by atoms with Crippen LogP contribution in [0, 0.1) is 5.82 Å². The molecular weight excluding hydrogens is 407 g/mol. The largest absolute Gasteiger partial charge is 0.453 e. The highest BCUT2D eigenvalue weighted by molar-refractivity contribution is 7.91. The van der Waals surface area contributed by atoms with Crippen molar-refractivity contribution in [1.82, 2.24) is 10.3 Å². The summed E-state index contributed by atoms with van der Waals surface area (Å²) in [5.74, 6) is -0.837. The maximum atomic E-state index is 14.2. The number of hydrogen-bond donors (Lipinski definition) is 1. The van der Waals surface area contributed by atoms with Gasteiger partial charge in [-0.1, -0.05) is 24.3 Å². The standard InChI is InChI=1S/C22H19FN2O4S/c23-20-15-17(8-10-21(20)29-18-5-4-12-24-16-18)9-11-22(26)25-13-14-30(27,28)19-6-2-1-3-7-19/h1-12,15-16H,13-14H2,(H,25,26)/b11-9+. The van der Waals surface area contributed by atoms with E-state index in [0.717, 1.165) is 0 Å². The maximum absolute atomic E-state index is 14.2. The summed E-state index contributed by atoms with van der Waals surface area (Å²) in [5, 5.41) is 2.51. The number of sulfone groups is 1. The van der Waals surface area contributed by atoms with Crippen molar-refractivity contribution in [2.45, 2.75) is 4.90 Å². The van der Waals surface area contributed by atoms with Gasteiger partial charge in [0.15, 0.2) is 21.4 Å². The summed E-state index contributed by atoms with van der Waals surface area (Å²) in [5.41, 5.74) is 0.457. The molecule has 6 nitrogen and oxygen atoms in total. The van der Waals surface area contributed by atoms with Crippen LogP contribution in [0.25, 0.3) is 6.08 Å². The number of pyridine rings is 1. The van der Waals surface area contributed by atoms with Crippen LogP contribution in [0.1, 0.15) is 5.56 Å². The fourth-order valence-electron chi connectivity index (χ4n) is 2.52. The average molecular weight is 426 g/mol. The number of halogens is 1. The van der Waals surface area contributed by atoms with Gasteiger partial charge in [-0.25, -0.2) is 12.8 Å². The van der Waals surface area contributed by atoms with Crippen molar-refractivity contribution in [3.8, 4) is 11.5 Å². The van der Waals surface area contributed by atoms with E-state index in [9.17, 15) is 17.6 Å². The van der Waals surface area contributed by atoms with E-state index in [1.807, 2.05) is 0 Å². The highest BCUT2D eigenvalue weighted by atomic mass is 32.2. The van der Waals surface area contributed by atoms with Crippen molar-refractivity contribution < 1.29 is 22.3 Å². The summed E-state index contributed by atoms with van der Waals surface area (Å²) < 4.78 is 44.0. The second-order valence-electron chi connectivity index (χ2n) is 6.24. The van der Waals surface area contributed by atoms with Crippen LogP contribution < -0.4 is 10.1 Å². The van der Waals surface area contributed by atoms with Crippen LogP contribution in [0.3, 0.4) is 0 Å². The molecule has 3 rings (SSSR count). The lowest BCUT2D eigenvalue weighted by molar-refractivity contribution is -0.116. The van der Waals surface area contributed by atoms with Crippen LogP contribution in [-0.2, 0) is 14.6 Å². The maximum Gasteiger partial charge on any atom is 0.244 e. The SMILES string of the molecule is O=C(/C=C/c1ccc(Oc2cccnc2)c(F)c1)NCCS(=O)(=O)c1ccccc1. The lowest BCUT2D eigenvalue weighted by atomic mass is 10.2. The number of ether oxygens (including phenoxy) is 1. The Morgan fingerprint density at radius 3 is 2.60 bits per heavy atom. The Labute approximate surface area is 174 Å². The Bertz CT molecular complexity index is 1130. The Morgan fingerprint density at radius 1 is 1.10 bits per heavy atom. The first-order chi connectivity index (χ1) is 14.4. The van der Waals surface area contributed by atoms with Gasteiger partial charge in [0.25, 0.3) is 0 Å². The molecule has 0 aliphatic carbocycles. The Kier molecular flexibility index (Phi) is 6.92. The van der Waals surface area contributed by atoms with E-state index in [2.05, 4.69) is 10.3 Å². The summed E-state index contributed by atoms with van der Waals surface area (Å²) in [6, 6.07) is 15.6. The van der Waals surface area contributed by atoms with Gasteiger partial charge in [0, 0.05) is 18.8 Å². The predicted molar refractivity (Wildman–Crippen MR) is 111 cm³/mol. The fourth-order valence-corrected chi connectivity index (χ4v) is 3.70. The molecule has 30 heavy (non-hydrogen) atoms. The van der Waals surface area contributed by atoms with Gasteiger partial charge >= 0.3 is 0 Å². The van der Waals surface area contributed by atoms with Gasteiger partial charge in [-0.15, -0.1) is 0 Å². The molecule has 1 aromatic heterocycles. The molecule has 0 bridgehead atoms. The minimum atomic E-state index is -3.47. The zero-order chi connectivity index (χ0) is 21.4. The average Bonchev–Trinajstić information content (AvgIpc) is 2.75. The molecule has 1 N–H and O–H groups in total. The second kappa shape index (κ2) is 9.80. The van der Waals surface area contributed by atoms with Crippen molar-refractivity contribution >= 4 is 21.8 Å². The highest BCUT2D eigenvalue weighted by Crippen LogP contribution is 2.24. The third-order valence-electron chi connectivity index (χ3n) is 4.02. The molecule has 2 aromatic carbocycles. The number of aromatic nitrogens is 1. The molecule has 0 saturated carbocycles. The van der Waals surface area contributed by atoms with Crippen molar-refractivity contribution in [3.63, 3.8) is 0 Å². The summed E-state index contributed by atoms with van der Waals surface area (Å²) in [6.45, 7) is -0.0351. The van der Waals surface area contributed by atoms with E-state index in [-0.39, 0.29) is 22.9 Å². The second-order valence-corrected chi connectivity index (χ2v) is 8.35. The molecule has 0 radical (unpaired) electrons. The van der Waals surface area contributed by atoms with Gasteiger partial charge in [-0.3, -0.25) is 9.78 Å². The first-order valence-electron chi connectivity index (χ1n) is 9.05. The topological polar surface area (TPSA) is 85.4 Å². The van der Waals surface area contributed by atoms with Crippen molar-refractivity contribution in [2.24, 2.45) is 0 Å². The van der Waals surface area contributed by atoms with E-state index >= 15 is 0 Å². The Hall–Kier alpha value is -3.52. The van der Waals surface area contributed by atoms with Gasteiger partial charge < -0.3 is 10.1 Å². The zero-order valence-corrected chi connectivity index (χ0v) is 16.7. The summed E-state index contributed by atoms with van der Waals surface area (Å²) in [6.07, 6.45) is 5.69. The third-order valence-corrected chi connectivity index (χ3v) is 5.75. The molecule has 0 saturated heterocycles. The van der Waals surface area contributed by atoms with Crippen LogP contribution in [0.15, 0.2) is 84.0 Å². The van der Waals surface area contributed by atoms with E-state index in [1.165, 1.54) is 42.6 Å². The van der Waals surface area contributed by atoms with Gasteiger partial charge in [0.1, 0.15) is 5.75 Å². The Balaban J connectivity index is 1.53. The van der Waals surface area contributed by atoms with Gasteiger partial charge in [0.2, 0.25) is 5.91 Å². The van der Waals surface area contributed by atoms with Crippen LogP contribution >= 0.6 is 0 Å². The number of nitrogens with zero attached hydrogens (tertiary/aromatic N) is 1. The molecule has 0 unspecified atom stereocenters. The lowest BCUT2D eigenvalue weighted by Gasteiger charge is -2.07. The molecule has 0 fully saturated rings. The number of amides is 1. The summed E-state index contributed by atoms with van der Waals surface area (Å²) in [4.78, 5) is 16.0. The van der Waals surface area contributed by atoms with E-state index in [0.29, 0.717) is 11.3 Å². The van der Waals surface area contributed by atoms with E-state index < -0.39 is 21.6 Å². The fraction of sp³-hybridized carbons (Fsp3) is 0.0909. The van der Waals surface area contributed by atoms with Crippen LogP contribution in [0.2, 0.25) is 0 Å². The molecule has 8 heteroatoms. The smallest absolute Gasteiger partial charge is 0.244 e. The van der Waals surface area contributed by atoms with Crippen LogP contribution in [0.4, 0.5) is 4.39 Å². The molecule has 0 atom stereocenters. The summed E-state index contributed by atoms with van der Waals surface area (Å²) in [7, 11) is -3.47. The molecule has 3 aromatic rings. The number of nitrogens with one attached hydrogen (secondary N) is 1. The molecule has 0 spiro atoms. The molecule has 154 valence electrons. The first-order valence-corrected chi connectivity index (χ1v) is 10.7. The molecule has 1 amide bonds. The minimum Gasteiger partial charge on any atom is -0.453 e. The minimum absolute atomic E-state index is 0.0351. The van der Waals surface area contributed by atoms with E-state index in [1.54, 1.807) is 42.6 Å². The van der Waals surface area contributed by atoms with Crippen molar-refractivity contribution in [3.05, 3.63) is 90.5 Å². The Morgan fingerprint density at radius 2 is 1.90 bits per heavy atom. The molecule has 0 aliphatic heterocycles. The number of benzene rings is 2. The number of carbonyl (C=O) groups is 1. The van der Waals surface area contributed by atoms with Gasteiger partial charge in [-0.2, -0.15) is 0 Å². The third kappa shape index (κ3) is 5.99. The van der Waals surface area contributed by atoms with E-state index in [4.69, 9.17) is 4.74 Å². The molecule has 1 heterocycles. The van der Waals surface area contributed by atoms with Crippen molar-refractivity contribution in [2.75, 3.05) is 12.3 Å². The monoisotopic (exact) mass is 426 g/mol. The zero-order valence-electron chi connectivity index (χ0n) is 15.9. The number of hydrogen-bond acceptors (Lipinski definition) is 5. The predicted octanol–water partition coefficient (Wildman–Crippen LogP) is 3.62. The lowest BCUT2D eigenvalue weighted by Crippen LogP contribution is -2.27.